The first-order valence-electron chi connectivity index (χ1n) is 19.3. The molecular formula is C43H51N5O8. The summed E-state index contributed by atoms with van der Waals surface area (Å²) in [5.41, 5.74) is 16.0. The van der Waals surface area contributed by atoms with Crippen molar-refractivity contribution in [1.29, 1.82) is 0 Å². The van der Waals surface area contributed by atoms with E-state index in [4.69, 9.17) is 25.4 Å². The molecule has 4 aliphatic heterocycles. The van der Waals surface area contributed by atoms with E-state index >= 15 is 0 Å². The van der Waals surface area contributed by atoms with Gasteiger partial charge in [0.2, 0.25) is 0 Å². The number of rotatable bonds is 10. The predicted molar refractivity (Wildman–Crippen MR) is 213 cm³/mol. The number of phenols is 2. The van der Waals surface area contributed by atoms with Crippen LogP contribution in [-0.4, -0.2) is 58.8 Å². The second kappa shape index (κ2) is 15.9. The summed E-state index contributed by atoms with van der Waals surface area (Å²) in [6, 6.07) is 8.13. The number of ether oxygens (including phenoxy) is 2. The second-order valence-electron chi connectivity index (χ2n) is 15.1. The molecule has 1 aromatic heterocycles. The van der Waals surface area contributed by atoms with Gasteiger partial charge in [0.25, 0.3) is 0 Å². The first-order valence-corrected chi connectivity index (χ1v) is 19.3. The van der Waals surface area contributed by atoms with Crippen molar-refractivity contribution in [1.82, 2.24) is 16.0 Å². The second-order valence-corrected chi connectivity index (χ2v) is 15.1. The third-order valence-corrected chi connectivity index (χ3v) is 11.6. The molecule has 296 valence electrons. The third kappa shape index (κ3) is 7.29. The maximum Gasteiger partial charge on any atom is 0.335 e. The van der Waals surface area contributed by atoms with Gasteiger partial charge in [-0.25, -0.2) is 4.79 Å². The number of aliphatic hydroxyl groups excluding tert-OH is 1. The van der Waals surface area contributed by atoms with Crippen LogP contribution >= 0.6 is 0 Å². The molecule has 0 spiro atoms. The van der Waals surface area contributed by atoms with Crippen molar-refractivity contribution in [3.63, 3.8) is 0 Å². The van der Waals surface area contributed by atoms with E-state index in [0.717, 1.165) is 22.3 Å². The number of nitrogens with one attached hydrogen (secondary N) is 3. The van der Waals surface area contributed by atoms with Crippen LogP contribution in [0.15, 0.2) is 98.2 Å². The molecule has 10 N–H and O–H groups in total. The summed E-state index contributed by atoms with van der Waals surface area (Å²) in [5.74, 6) is -0.782. The molecule has 13 nitrogen and oxygen atoms in total. The van der Waals surface area contributed by atoms with Gasteiger partial charge < -0.3 is 56.6 Å². The van der Waals surface area contributed by atoms with Crippen LogP contribution in [0.3, 0.4) is 0 Å². The third-order valence-electron chi connectivity index (χ3n) is 11.6. The van der Waals surface area contributed by atoms with Gasteiger partial charge in [-0.3, -0.25) is 4.79 Å². The molecular weight excluding hydrogens is 714 g/mol. The molecule has 0 aliphatic carbocycles. The lowest BCUT2D eigenvalue weighted by atomic mass is 9.70. The highest BCUT2D eigenvalue weighted by Crippen LogP contribution is 2.55. The minimum Gasteiger partial charge on any atom is -0.508 e. The van der Waals surface area contributed by atoms with Gasteiger partial charge >= 0.3 is 5.97 Å². The number of hydrogen-bond donors (Lipinski definition) is 8. The van der Waals surface area contributed by atoms with Gasteiger partial charge in [0.15, 0.2) is 5.43 Å². The molecule has 0 saturated carbocycles. The molecule has 5 atom stereocenters. The SMILES string of the molecule is C/C=C(/CNCC)C(=O)O[C@@H]1Cc2c3c(c4oc(CO)cc(=O)c4c2O)[C@@H](Cc2cccc(O)c2)C2=CCNC(N)=C2CC[C@@H](CC2=CNC(N)C=C2)[C@]1(C)O3. The average Bonchev–Trinajstić information content (AvgIpc) is 3.17. The summed E-state index contributed by atoms with van der Waals surface area (Å²) in [6.07, 6.45) is 10.3. The average molecular weight is 766 g/mol. The Bertz CT molecular complexity index is 2250. The lowest BCUT2D eigenvalue weighted by molar-refractivity contribution is -0.165. The molecule has 1 unspecified atom stereocenters. The van der Waals surface area contributed by atoms with E-state index in [9.17, 15) is 24.9 Å². The summed E-state index contributed by atoms with van der Waals surface area (Å²) < 4.78 is 20.1. The van der Waals surface area contributed by atoms with Crippen molar-refractivity contribution in [3.05, 3.63) is 122 Å². The van der Waals surface area contributed by atoms with Gasteiger partial charge in [-0.1, -0.05) is 37.3 Å². The molecule has 0 amide bonds. The molecule has 5 heterocycles. The van der Waals surface area contributed by atoms with Gasteiger partial charge in [-0.2, -0.15) is 0 Å². The zero-order valence-corrected chi connectivity index (χ0v) is 32.0. The van der Waals surface area contributed by atoms with E-state index in [0.29, 0.717) is 73.6 Å². The quantitative estimate of drug-likeness (QED) is 0.108. The van der Waals surface area contributed by atoms with Crippen LogP contribution in [0.5, 0.6) is 17.2 Å². The number of phenolic OH excluding ortho intramolecular Hbond substituents is 2. The lowest BCUT2D eigenvalue weighted by Gasteiger charge is -2.48. The van der Waals surface area contributed by atoms with Crippen molar-refractivity contribution in [2.75, 3.05) is 19.6 Å². The molecule has 4 aliphatic rings. The standard InChI is InChI=1S/C43H51N5O8/c1-4-25(21-46-5-2)42(53)55-34-19-32-38(52)37-33(51)18-28(22-49)54-40(37)36-31(17-23-7-6-8-27(50)16-23)29-13-14-47-41(45)30(29)11-10-26(43(34,3)56-39(32)36)15-24-9-12-35(44)48-20-24/h4,6-9,12-13,16,18,20,26,31,34-35,46-50,52H,5,10-11,14-15,17,19,21-22,44-45H2,1-3H3/b25-4-/t26-,31-,34+,35?,43-/m0/s1. The largest absolute Gasteiger partial charge is 0.508 e. The number of dihydropyridines is 2. The van der Waals surface area contributed by atoms with Crippen LogP contribution in [0.4, 0.5) is 0 Å². The summed E-state index contributed by atoms with van der Waals surface area (Å²) in [7, 11) is 0. The number of aromatic hydroxyl groups is 2. The number of allylic oxidation sites excluding steroid dienone is 5. The van der Waals surface area contributed by atoms with E-state index in [2.05, 4.69) is 22.0 Å². The molecule has 0 radical (unpaired) electrons. The van der Waals surface area contributed by atoms with E-state index in [1.807, 2.05) is 38.3 Å². The molecule has 3 aromatic rings. The smallest absolute Gasteiger partial charge is 0.335 e. The number of carbonyl (C=O) groups is 1. The van der Waals surface area contributed by atoms with Crippen molar-refractivity contribution in [2.45, 2.75) is 83.3 Å². The fraction of sp³-hybridized carbons (Fsp3) is 0.395. The number of carbonyl (C=O) groups excluding carboxylic acids is 1. The van der Waals surface area contributed by atoms with Crippen molar-refractivity contribution >= 4 is 16.9 Å². The first-order chi connectivity index (χ1) is 26.9. The van der Waals surface area contributed by atoms with Crippen molar-refractivity contribution in [2.24, 2.45) is 17.4 Å². The lowest BCUT2D eigenvalue weighted by Crippen LogP contribution is -2.57. The number of nitrogens with two attached hydrogens (primary N) is 2. The highest BCUT2D eigenvalue weighted by Gasteiger charge is 2.52. The highest BCUT2D eigenvalue weighted by atomic mass is 16.6. The van der Waals surface area contributed by atoms with Gasteiger partial charge in [0, 0.05) is 60.3 Å². The Labute approximate surface area is 325 Å². The molecule has 7 rings (SSSR count). The number of aliphatic hydroxyl groups is 1. The van der Waals surface area contributed by atoms with Gasteiger partial charge in [-0.05, 0) is 86.6 Å². The predicted octanol–water partition coefficient (Wildman–Crippen LogP) is 4.01. The number of hydrogen-bond acceptors (Lipinski definition) is 13. The monoisotopic (exact) mass is 765 g/mol. The normalized spacial score (nSPS) is 24.6. The van der Waals surface area contributed by atoms with Crippen LogP contribution in [0.1, 0.15) is 68.4 Å². The Morgan fingerprint density at radius 3 is 2.75 bits per heavy atom. The maximum absolute atomic E-state index is 14.0. The minimum atomic E-state index is -1.20. The molecule has 56 heavy (non-hydrogen) atoms. The number of fused-ring (bicyclic) bond motifs is 4. The van der Waals surface area contributed by atoms with Crippen molar-refractivity contribution in [3.8, 4) is 17.2 Å². The van der Waals surface area contributed by atoms with Crippen LogP contribution < -0.4 is 37.6 Å². The Hall–Kier alpha value is -5.50. The summed E-state index contributed by atoms with van der Waals surface area (Å²) in [6.45, 7) is 6.53. The van der Waals surface area contributed by atoms with Gasteiger partial charge in [-0.15, -0.1) is 0 Å². The van der Waals surface area contributed by atoms with E-state index in [-0.39, 0.29) is 46.7 Å². The van der Waals surface area contributed by atoms with E-state index in [1.54, 1.807) is 31.2 Å². The van der Waals surface area contributed by atoms with Crippen molar-refractivity contribution < 1.29 is 34.0 Å². The van der Waals surface area contributed by atoms with E-state index in [1.165, 1.54) is 6.07 Å². The Balaban J connectivity index is 1.52. The topological polar surface area (TPSA) is 215 Å². The molecule has 13 heteroatoms. The van der Waals surface area contributed by atoms with Gasteiger partial charge in [0.05, 0.1) is 12.0 Å². The number of likely N-dealkylation sites (N-methyl/N-ethyl adjacent to an activating group) is 1. The van der Waals surface area contributed by atoms with E-state index < -0.39 is 35.6 Å². The Morgan fingerprint density at radius 1 is 1.21 bits per heavy atom. The summed E-state index contributed by atoms with van der Waals surface area (Å²) >= 11 is 0. The molecule has 2 bridgehead atoms. The number of esters is 1. The summed E-state index contributed by atoms with van der Waals surface area (Å²) in [4.78, 5) is 27.9. The van der Waals surface area contributed by atoms with Gasteiger partial charge in [0.1, 0.15) is 52.3 Å². The summed E-state index contributed by atoms with van der Waals surface area (Å²) in [5, 5.41) is 42.5. The number of benzene rings is 2. The minimum absolute atomic E-state index is 0.0189. The zero-order valence-electron chi connectivity index (χ0n) is 32.0. The fourth-order valence-corrected chi connectivity index (χ4v) is 8.55. The maximum atomic E-state index is 14.0. The molecule has 2 aromatic carbocycles. The Kier molecular flexibility index (Phi) is 11.0. The van der Waals surface area contributed by atoms with Crippen LogP contribution in [0.2, 0.25) is 0 Å². The van der Waals surface area contributed by atoms with Crippen LogP contribution in [0, 0.1) is 5.92 Å². The fourth-order valence-electron chi connectivity index (χ4n) is 8.55. The molecule has 0 fully saturated rings. The molecule has 0 saturated heterocycles. The highest BCUT2D eigenvalue weighted by molar-refractivity contribution is 5.92. The first kappa shape index (κ1) is 38.8. The Morgan fingerprint density at radius 2 is 2.04 bits per heavy atom. The zero-order chi connectivity index (χ0) is 39.7. The van der Waals surface area contributed by atoms with Crippen LogP contribution in [0.25, 0.3) is 11.0 Å². The van der Waals surface area contributed by atoms with Crippen LogP contribution in [-0.2, 0) is 29.0 Å².